The van der Waals surface area contributed by atoms with Crippen LogP contribution in [0.3, 0.4) is 0 Å². The number of amides is 1. The van der Waals surface area contributed by atoms with Crippen LogP contribution in [-0.4, -0.2) is 67.4 Å². The zero-order valence-corrected chi connectivity index (χ0v) is 21.0. The summed E-state index contributed by atoms with van der Waals surface area (Å²) in [6, 6.07) is 12.2. The van der Waals surface area contributed by atoms with Crippen LogP contribution in [0.4, 0.5) is 5.82 Å². The Morgan fingerprint density at radius 3 is 2.68 bits per heavy atom. The number of nitrogens with two attached hydrogens (primary N) is 1. The molecule has 1 aliphatic carbocycles. The molecule has 2 aromatic heterocycles. The minimum atomic E-state index is -0.0969. The summed E-state index contributed by atoms with van der Waals surface area (Å²) in [5.41, 5.74) is 13.5. The maximum atomic E-state index is 13.4. The standard InChI is InChI=1S/C28H29N7O2/c1-17-31-25-6-5-23(14-26(25)32-17)35-28(29)24(15-30-35)27(37)22-12-20-4-3-19(11-21(20)13-22)16-33-7-9-34(10-8-33)18(2)36/h3-6,11,13-15H,7-10,12,16,29H2,1-2H3,(H,31,32). The molecule has 9 heteroatoms. The van der Waals surface area contributed by atoms with Crippen LogP contribution in [0.25, 0.3) is 22.8 Å². The van der Waals surface area contributed by atoms with E-state index < -0.39 is 0 Å². The molecule has 0 bridgehead atoms. The number of anilines is 1. The number of allylic oxidation sites excluding steroid dienone is 1. The Bertz CT molecular complexity index is 1570. The number of ketones is 1. The lowest BCUT2D eigenvalue weighted by Gasteiger charge is -2.34. The van der Waals surface area contributed by atoms with Gasteiger partial charge in [-0.05, 0) is 47.9 Å². The van der Waals surface area contributed by atoms with E-state index >= 15 is 0 Å². The molecule has 1 aliphatic heterocycles. The van der Waals surface area contributed by atoms with Gasteiger partial charge in [-0.25, -0.2) is 9.67 Å². The van der Waals surface area contributed by atoms with Crippen LogP contribution in [0.15, 0.2) is 48.2 Å². The first kappa shape index (κ1) is 23.2. The van der Waals surface area contributed by atoms with Gasteiger partial charge in [-0.15, -0.1) is 0 Å². The monoisotopic (exact) mass is 495 g/mol. The number of imidazole rings is 1. The van der Waals surface area contributed by atoms with E-state index in [0.29, 0.717) is 23.4 Å². The molecular formula is C28H29N7O2. The Morgan fingerprint density at radius 1 is 1.08 bits per heavy atom. The van der Waals surface area contributed by atoms with E-state index in [-0.39, 0.29) is 11.7 Å². The third-order valence-corrected chi connectivity index (χ3v) is 7.32. The summed E-state index contributed by atoms with van der Waals surface area (Å²) >= 11 is 0. The van der Waals surface area contributed by atoms with Gasteiger partial charge in [0.25, 0.3) is 0 Å². The van der Waals surface area contributed by atoms with E-state index in [1.165, 1.54) is 5.56 Å². The number of aromatic amines is 1. The average molecular weight is 496 g/mol. The second-order valence-corrected chi connectivity index (χ2v) is 9.87. The Labute approximate surface area is 214 Å². The molecule has 0 unspecified atom stereocenters. The molecule has 3 heterocycles. The molecule has 1 saturated heterocycles. The second kappa shape index (κ2) is 9.01. The number of carbonyl (C=O) groups excluding carboxylic acids is 2. The normalized spacial score (nSPS) is 15.7. The number of hydrogen-bond donors (Lipinski definition) is 2. The minimum Gasteiger partial charge on any atom is -0.383 e. The number of hydrogen-bond acceptors (Lipinski definition) is 6. The predicted octanol–water partition coefficient (Wildman–Crippen LogP) is 3.13. The molecule has 2 aromatic carbocycles. The molecule has 0 radical (unpaired) electrons. The highest BCUT2D eigenvalue weighted by Crippen LogP contribution is 2.30. The number of nitrogens with zero attached hydrogens (tertiary/aromatic N) is 5. The highest BCUT2D eigenvalue weighted by molar-refractivity contribution is 6.15. The molecule has 188 valence electrons. The molecule has 1 fully saturated rings. The van der Waals surface area contributed by atoms with Crippen LogP contribution in [0, 0.1) is 6.92 Å². The van der Waals surface area contributed by atoms with Crippen molar-refractivity contribution in [3.8, 4) is 5.69 Å². The van der Waals surface area contributed by atoms with Crippen molar-refractivity contribution in [2.75, 3.05) is 31.9 Å². The van der Waals surface area contributed by atoms with Gasteiger partial charge in [0.2, 0.25) is 5.91 Å². The van der Waals surface area contributed by atoms with Crippen molar-refractivity contribution in [1.82, 2.24) is 29.5 Å². The summed E-state index contributed by atoms with van der Waals surface area (Å²) in [7, 11) is 0. The first-order chi connectivity index (χ1) is 17.9. The number of benzene rings is 2. The number of aryl methyl sites for hydroxylation is 1. The molecule has 4 aromatic rings. The Hall–Kier alpha value is -4.24. The van der Waals surface area contributed by atoms with Crippen molar-refractivity contribution in [2.45, 2.75) is 26.8 Å². The van der Waals surface area contributed by atoms with E-state index in [9.17, 15) is 9.59 Å². The second-order valence-electron chi connectivity index (χ2n) is 9.87. The number of piperazine rings is 1. The van der Waals surface area contributed by atoms with Gasteiger partial charge in [-0.2, -0.15) is 5.10 Å². The molecule has 2 aliphatic rings. The highest BCUT2D eigenvalue weighted by Gasteiger charge is 2.25. The number of carbonyl (C=O) groups is 2. The fraction of sp³-hybridized carbons (Fsp3) is 0.286. The Kier molecular flexibility index (Phi) is 5.64. The van der Waals surface area contributed by atoms with Gasteiger partial charge in [0.1, 0.15) is 11.6 Å². The molecule has 37 heavy (non-hydrogen) atoms. The molecular weight excluding hydrogens is 466 g/mol. The lowest BCUT2D eigenvalue weighted by molar-refractivity contribution is -0.130. The molecule has 9 nitrogen and oxygen atoms in total. The maximum Gasteiger partial charge on any atom is 0.219 e. The fourth-order valence-corrected chi connectivity index (χ4v) is 5.28. The summed E-state index contributed by atoms with van der Waals surface area (Å²) < 4.78 is 1.59. The summed E-state index contributed by atoms with van der Waals surface area (Å²) in [4.78, 5) is 36.9. The van der Waals surface area contributed by atoms with E-state index in [1.54, 1.807) is 17.8 Å². The van der Waals surface area contributed by atoms with Gasteiger partial charge in [0, 0.05) is 51.6 Å². The van der Waals surface area contributed by atoms with Crippen LogP contribution in [-0.2, 0) is 17.8 Å². The van der Waals surface area contributed by atoms with Crippen molar-refractivity contribution in [2.24, 2.45) is 0 Å². The first-order valence-corrected chi connectivity index (χ1v) is 12.5. The molecule has 6 rings (SSSR count). The van der Waals surface area contributed by atoms with E-state index in [0.717, 1.165) is 66.4 Å². The van der Waals surface area contributed by atoms with Gasteiger partial charge in [0.15, 0.2) is 5.78 Å². The molecule has 1 amide bonds. The molecule has 0 atom stereocenters. The maximum absolute atomic E-state index is 13.4. The lowest BCUT2D eigenvalue weighted by Crippen LogP contribution is -2.47. The van der Waals surface area contributed by atoms with Crippen molar-refractivity contribution < 1.29 is 9.59 Å². The number of fused-ring (bicyclic) bond motifs is 2. The number of rotatable bonds is 5. The SMILES string of the molecule is CC(=O)N1CCN(Cc2ccc3c(c2)C=C(C(=O)c2cnn(-c4ccc5nc(C)[nH]c5c4)c2N)C3)CC1. The minimum absolute atomic E-state index is 0.0969. The third-order valence-electron chi connectivity index (χ3n) is 7.32. The first-order valence-electron chi connectivity index (χ1n) is 12.5. The third kappa shape index (κ3) is 4.31. The largest absolute Gasteiger partial charge is 0.383 e. The molecule has 0 saturated carbocycles. The molecule has 3 N–H and O–H groups in total. The fourth-order valence-electron chi connectivity index (χ4n) is 5.28. The quantitative estimate of drug-likeness (QED) is 0.412. The predicted molar refractivity (Wildman–Crippen MR) is 142 cm³/mol. The number of Topliss-reactive ketones (excluding diaryl/α,β-unsaturated/α-hetero) is 1. The summed E-state index contributed by atoms with van der Waals surface area (Å²) in [6.07, 6.45) is 4.11. The summed E-state index contributed by atoms with van der Waals surface area (Å²) in [5.74, 6) is 1.20. The van der Waals surface area contributed by atoms with Gasteiger partial charge < -0.3 is 15.6 Å². The van der Waals surface area contributed by atoms with E-state index in [2.05, 4.69) is 38.2 Å². The molecule has 0 spiro atoms. The smallest absolute Gasteiger partial charge is 0.219 e. The summed E-state index contributed by atoms with van der Waals surface area (Å²) in [5, 5.41) is 4.42. The van der Waals surface area contributed by atoms with Gasteiger partial charge in [-0.1, -0.05) is 18.2 Å². The number of nitrogens with one attached hydrogen (secondary N) is 1. The van der Waals surface area contributed by atoms with Gasteiger partial charge >= 0.3 is 0 Å². The van der Waals surface area contributed by atoms with Gasteiger partial charge in [0.05, 0.1) is 28.5 Å². The van der Waals surface area contributed by atoms with E-state index in [4.69, 9.17) is 5.73 Å². The topological polar surface area (TPSA) is 113 Å². The lowest BCUT2D eigenvalue weighted by atomic mass is 10.0. The van der Waals surface area contributed by atoms with Crippen molar-refractivity contribution in [3.05, 3.63) is 76.2 Å². The van der Waals surface area contributed by atoms with Crippen LogP contribution >= 0.6 is 0 Å². The zero-order chi connectivity index (χ0) is 25.7. The van der Waals surface area contributed by atoms with Crippen molar-refractivity contribution in [3.63, 3.8) is 0 Å². The van der Waals surface area contributed by atoms with Crippen LogP contribution in [0.2, 0.25) is 0 Å². The zero-order valence-electron chi connectivity index (χ0n) is 21.0. The Balaban J connectivity index is 1.18. The van der Waals surface area contributed by atoms with Crippen molar-refractivity contribution in [1.29, 1.82) is 0 Å². The number of nitrogen functional groups attached to an aromatic ring is 1. The highest BCUT2D eigenvalue weighted by atomic mass is 16.2. The number of H-pyrrole nitrogens is 1. The van der Waals surface area contributed by atoms with Crippen molar-refractivity contribution >= 4 is 34.6 Å². The number of aromatic nitrogens is 4. The van der Waals surface area contributed by atoms with Crippen LogP contribution < -0.4 is 5.73 Å². The van der Waals surface area contributed by atoms with Crippen LogP contribution in [0.1, 0.15) is 39.8 Å². The average Bonchev–Trinajstić information content (AvgIpc) is 3.58. The van der Waals surface area contributed by atoms with E-state index in [1.807, 2.05) is 36.1 Å². The Morgan fingerprint density at radius 2 is 1.89 bits per heavy atom. The van der Waals surface area contributed by atoms with Crippen LogP contribution in [0.5, 0.6) is 0 Å². The van der Waals surface area contributed by atoms with Gasteiger partial charge in [-0.3, -0.25) is 14.5 Å². The summed E-state index contributed by atoms with van der Waals surface area (Å²) in [6.45, 7) is 7.63.